The Morgan fingerprint density at radius 3 is 3.00 bits per heavy atom. The van der Waals surface area contributed by atoms with E-state index in [9.17, 15) is 5.11 Å². The molecule has 6 nitrogen and oxygen atoms in total. The molecule has 1 N–H and O–H groups in total. The molecule has 0 unspecified atom stereocenters. The number of nitrogens with zero attached hydrogens (tertiary/aromatic N) is 3. The fraction of sp³-hybridized carbons (Fsp3) is 0.500. The summed E-state index contributed by atoms with van der Waals surface area (Å²) in [6.07, 6.45) is 1.61. The van der Waals surface area contributed by atoms with E-state index in [1.807, 2.05) is 0 Å². The molecule has 0 bridgehead atoms. The van der Waals surface area contributed by atoms with Crippen LogP contribution in [-0.2, 0) is 6.54 Å². The van der Waals surface area contributed by atoms with Gasteiger partial charge in [-0.3, -0.25) is 4.90 Å². The number of piperidine rings is 1. The van der Waals surface area contributed by atoms with E-state index in [0.29, 0.717) is 35.3 Å². The molecule has 0 radical (unpaired) electrons. The molecule has 3 heterocycles. The van der Waals surface area contributed by atoms with E-state index in [4.69, 9.17) is 8.83 Å². The van der Waals surface area contributed by atoms with Crippen LogP contribution in [0.3, 0.4) is 0 Å². The monoisotopic (exact) mass is 327 g/mol. The summed E-state index contributed by atoms with van der Waals surface area (Å²) in [5, 5.41) is 17.6. The number of aliphatic hydroxyl groups is 1. The van der Waals surface area contributed by atoms with Crippen molar-refractivity contribution >= 4 is 15.9 Å². The fourth-order valence-electron chi connectivity index (χ4n) is 2.21. The van der Waals surface area contributed by atoms with Crippen molar-refractivity contribution in [2.75, 3.05) is 13.1 Å². The number of hydrogen-bond donors (Lipinski definition) is 1. The summed E-state index contributed by atoms with van der Waals surface area (Å²) in [5.74, 6) is 1.46. The Morgan fingerprint density at radius 2 is 2.26 bits per heavy atom. The first kappa shape index (κ1) is 12.8. The lowest BCUT2D eigenvalue weighted by molar-refractivity contribution is 0.0625. The molecule has 7 heteroatoms. The second-order valence-electron chi connectivity index (χ2n) is 4.64. The van der Waals surface area contributed by atoms with Crippen LogP contribution in [0.2, 0.25) is 0 Å². The van der Waals surface area contributed by atoms with E-state index in [1.54, 1.807) is 12.1 Å². The van der Waals surface area contributed by atoms with Crippen molar-refractivity contribution in [3.05, 3.63) is 22.7 Å². The maximum absolute atomic E-state index is 9.62. The summed E-state index contributed by atoms with van der Waals surface area (Å²) in [5.41, 5.74) is 0. The summed E-state index contributed by atoms with van der Waals surface area (Å²) in [4.78, 5) is 2.11. The lowest BCUT2D eigenvalue weighted by Gasteiger charge is -2.28. The molecule has 2 aromatic rings. The van der Waals surface area contributed by atoms with E-state index in [2.05, 4.69) is 31.0 Å². The van der Waals surface area contributed by atoms with Gasteiger partial charge < -0.3 is 13.9 Å². The number of halogens is 1. The molecule has 3 rings (SSSR count). The number of furan rings is 1. The van der Waals surface area contributed by atoms with Crippen LogP contribution in [0.5, 0.6) is 0 Å². The quantitative estimate of drug-likeness (QED) is 0.929. The summed E-state index contributed by atoms with van der Waals surface area (Å²) < 4.78 is 11.5. The van der Waals surface area contributed by atoms with Crippen molar-refractivity contribution in [3.8, 4) is 11.7 Å². The molecule has 1 atom stereocenters. The Morgan fingerprint density at radius 1 is 1.37 bits per heavy atom. The highest BCUT2D eigenvalue weighted by Gasteiger charge is 2.20. The highest BCUT2D eigenvalue weighted by atomic mass is 79.9. The van der Waals surface area contributed by atoms with E-state index in [-0.39, 0.29) is 6.10 Å². The van der Waals surface area contributed by atoms with Crippen LogP contribution in [0.25, 0.3) is 11.7 Å². The van der Waals surface area contributed by atoms with Crippen molar-refractivity contribution in [1.82, 2.24) is 15.1 Å². The van der Waals surface area contributed by atoms with Crippen LogP contribution in [0.15, 0.2) is 25.6 Å². The Bertz CT molecular complexity index is 554. The van der Waals surface area contributed by atoms with Gasteiger partial charge in [-0.25, -0.2) is 0 Å². The van der Waals surface area contributed by atoms with E-state index in [1.165, 1.54) is 0 Å². The molecule has 1 fully saturated rings. The SMILES string of the molecule is O[C@@H]1CCCN(Cc2nnc(-c3ccc(Br)o3)o2)C1. The Labute approximate surface area is 118 Å². The number of hydrogen-bond acceptors (Lipinski definition) is 6. The molecular formula is C12H14BrN3O3. The third-order valence-corrected chi connectivity index (χ3v) is 3.52. The minimum absolute atomic E-state index is 0.253. The van der Waals surface area contributed by atoms with Crippen molar-refractivity contribution < 1.29 is 13.9 Å². The topological polar surface area (TPSA) is 75.5 Å². The van der Waals surface area contributed by atoms with Gasteiger partial charge in [0.05, 0.1) is 12.6 Å². The molecule has 19 heavy (non-hydrogen) atoms. The van der Waals surface area contributed by atoms with Gasteiger partial charge in [0.15, 0.2) is 10.4 Å². The first-order valence-corrected chi connectivity index (χ1v) is 6.98. The van der Waals surface area contributed by atoms with Gasteiger partial charge in [0.25, 0.3) is 5.89 Å². The van der Waals surface area contributed by atoms with Gasteiger partial charge in [0.1, 0.15) is 0 Å². The number of likely N-dealkylation sites (tertiary alicyclic amines) is 1. The standard InChI is InChI=1S/C12H14BrN3O3/c13-10-4-3-9(18-10)12-15-14-11(19-12)7-16-5-1-2-8(17)6-16/h3-4,8,17H,1-2,5-7H2/t8-/m1/s1. The van der Waals surface area contributed by atoms with Crippen LogP contribution >= 0.6 is 15.9 Å². The average molecular weight is 328 g/mol. The molecule has 0 saturated carbocycles. The minimum Gasteiger partial charge on any atom is -0.444 e. The molecule has 0 spiro atoms. The largest absolute Gasteiger partial charge is 0.444 e. The van der Waals surface area contributed by atoms with Crippen LogP contribution in [0.4, 0.5) is 0 Å². The highest BCUT2D eigenvalue weighted by Crippen LogP contribution is 2.24. The maximum atomic E-state index is 9.62. The molecule has 0 amide bonds. The second kappa shape index (κ2) is 5.44. The van der Waals surface area contributed by atoms with Gasteiger partial charge in [-0.1, -0.05) is 0 Å². The van der Waals surface area contributed by atoms with Crippen molar-refractivity contribution in [2.45, 2.75) is 25.5 Å². The molecule has 1 aliphatic heterocycles. The fourth-order valence-corrected chi connectivity index (χ4v) is 2.52. The molecule has 2 aromatic heterocycles. The van der Waals surface area contributed by atoms with Crippen LogP contribution in [0.1, 0.15) is 18.7 Å². The Hall–Kier alpha value is -1.18. The molecule has 1 saturated heterocycles. The second-order valence-corrected chi connectivity index (χ2v) is 5.42. The predicted octanol–water partition coefficient (Wildman–Crippen LogP) is 2.05. The molecule has 0 aliphatic carbocycles. The van der Waals surface area contributed by atoms with Crippen molar-refractivity contribution in [3.63, 3.8) is 0 Å². The zero-order chi connectivity index (χ0) is 13.2. The van der Waals surface area contributed by atoms with E-state index in [0.717, 1.165) is 19.4 Å². The third-order valence-electron chi connectivity index (χ3n) is 3.09. The smallest absolute Gasteiger partial charge is 0.283 e. The number of aliphatic hydroxyl groups excluding tert-OH is 1. The van der Waals surface area contributed by atoms with Gasteiger partial charge in [0.2, 0.25) is 5.89 Å². The Balaban J connectivity index is 1.68. The number of rotatable bonds is 3. The third kappa shape index (κ3) is 3.05. The van der Waals surface area contributed by atoms with E-state index < -0.39 is 0 Å². The maximum Gasteiger partial charge on any atom is 0.283 e. The molecular weight excluding hydrogens is 314 g/mol. The van der Waals surface area contributed by atoms with Crippen LogP contribution < -0.4 is 0 Å². The van der Waals surface area contributed by atoms with Crippen molar-refractivity contribution in [2.24, 2.45) is 0 Å². The van der Waals surface area contributed by atoms with Gasteiger partial charge in [0, 0.05) is 6.54 Å². The average Bonchev–Trinajstić information content (AvgIpc) is 2.98. The first-order valence-electron chi connectivity index (χ1n) is 6.19. The molecule has 1 aliphatic rings. The summed E-state index contributed by atoms with van der Waals surface area (Å²) in [6.45, 7) is 2.16. The predicted molar refractivity (Wildman–Crippen MR) is 70.2 cm³/mol. The zero-order valence-corrected chi connectivity index (χ0v) is 11.8. The van der Waals surface area contributed by atoms with Gasteiger partial charge >= 0.3 is 0 Å². The van der Waals surface area contributed by atoms with Crippen molar-refractivity contribution in [1.29, 1.82) is 0 Å². The molecule has 102 valence electrons. The summed E-state index contributed by atoms with van der Waals surface area (Å²) in [6, 6.07) is 3.55. The van der Waals surface area contributed by atoms with Gasteiger partial charge in [-0.2, -0.15) is 0 Å². The number of aromatic nitrogens is 2. The molecule has 0 aromatic carbocycles. The lowest BCUT2D eigenvalue weighted by atomic mass is 10.1. The zero-order valence-electron chi connectivity index (χ0n) is 10.3. The lowest BCUT2D eigenvalue weighted by Crippen LogP contribution is -2.37. The van der Waals surface area contributed by atoms with E-state index >= 15 is 0 Å². The minimum atomic E-state index is -0.253. The first-order chi connectivity index (χ1) is 9.20. The van der Waals surface area contributed by atoms with Crippen LogP contribution in [0, 0.1) is 0 Å². The normalized spacial score (nSPS) is 20.8. The summed E-state index contributed by atoms with van der Waals surface area (Å²) >= 11 is 3.23. The van der Waals surface area contributed by atoms with Gasteiger partial charge in [-0.15, -0.1) is 10.2 Å². The Kier molecular flexibility index (Phi) is 3.67. The highest BCUT2D eigenvalue weighted by molar-refractivity contribution is 9.10. The summed E-state index contributed by atoms with van der Waals surface area (Å²) in [7, 11) is 0. The van der Waals surface area contributed by atoms with Crippen LogP contribution in [-0.4, -0.2) is 39.4 Å². The van der Waals surface area contributed by atoms with Gasteiger partial charge in [-0.05, 0) is 47.4 Å². The number of β-amino-alcohol motifs (C(OH)–C–C–N with tert-alkyl or cyclic N) is 1.